The fourth-order valence-corrected chi connectivity index (χ4v) is 5.37. The highest BCUT2D eigenvalue weighted by Crippen LogP contribution is 2.25. The van der Waals surface area contributed by atoms with Crippen LogP contribution in [0.1, 0.15) is 39.1 Å². The van der Waals surface area contributed by atoms with Gasteiger partial charge in [-0.25, -0.2) is 0 Å². The first kappa shape index (κ1) is 36.6. The van der Waals surface area contributed by atoms with Crippen molar-refractivity contribution < 1.29 is 23.9 Å². The summed E-state index contributed by atoms with van der Waals surface area (Å²) in [5.41, 5.74) is 23.4. The molecule has 272 valence electrons. The number of aromatic amines is 2. The molecule has 4 amide bonds. The van der Waals surface area contributed by atoms with Crippen molar-refractivity contribution in [1.82, 2.24) is 25.9 Å². The van der Waals surface area contributed by atoms with Crippen LogP contribution in [-0.4, -0.2) is 77.4 Å². The molecular weight excluding hydrogens is 674 g/mol. The lowest BCUT2D eigenvalue weighted by Crippen LogP contribution is -2.56. The molecule has 1 aliphatic rings. The molecule has 0 fully saturated rings. The van der Waals surface area contributed by atoms with Crippen LogP contribution in [0.3, 0.4) is 0 Å². The highest BCUT2D eigenvalue weighted by Gasteiger charge is 2.28. The van der Waals surface area contributed by atoms with Gasteiger partial charge in [0.25, 0.3) is 11.8 Å². The predicted octanol–water partition coefficient (Wildman–Crippen LogP) is -1.23. The third-order valence-electron chi connectivity index (χ3n) is 8.13. The zero-order valence-corrected chi connectivity index (χ0v) is 27.9. The molecule has 0 radical (unpaired) electrons. The molecule has 4 aromatic rings. The van der Waals surface area contributed by atoms with Crippen molar-refractivity contribution in [3.8, 4) is 5.75 Å². The fraction of sp³-hybridized carbons (Fsp3) is 0.265. The van der Waals surface area contributed by atoms with Gasteiger partial charge in [-0.1, -0.05) is 12.1 Å². The van der Waals surface area contributed by atoms with E-state index >= 15 is 0 Å². The molecule has 0 spiro atoms. The maximum atomic E-state index is 13.7. The minimum atomic E-state index is -1.23. The Bertz CT molecular complexity index is 2120. The Labute approximate surface area is 295 Å². The Balaban J connectivity index is 1.40. The van der Waals surface area contributed by atoms with Gasteiger partial charge in [-0.3, -0.25) is 33.8 Å². The second kappa shape index (κ2) is 16.3. The molecule has 0 unspecified atom stereocenters. The van der Waals surface area contributed by atoms with Gasteiger partial charge in [0.2, 0.25) is 11.8 Å². The molecular formula is C34H39N11O7. The standard InChI is InChI=1S/C34H39N11O7/c35-19-6-3-17(4-7-19)12-26-31(49)42-21(2-1-11-39-34(37)38)16-52-27-10-8-20(14-22(27)29(47)40-15-23(36)30(48)45-26)41-28(46)18-5-9-24-25(13-18)44-33(51)32(50)43-24/h3-10,13-14,21,23,26H,1-2,11-12,15-16,35-36H2,(H,40,47)(H,41,46)(H,42,49)(H,43,50)(H,44,51)(H,45,48)(H4,37,38,39)/t21-,23+,26-/m1/s1. The smallest absolute Gasteiger partial charge is 0.314 e. The summed E-state index contributed by atoms with van der Waals surface area (Å²) in [6.07, 6.45) is 0.959. The van der Waals surface area contributed by atoms with Crippen LogP contribution in [0.15, 0.2) is 75.2 Å². The summed E-state index contributed by atoms with van der Waals surface area (Å²) < 4.78 is 6.10. The Morgan fingerprint density at radius 3 is 2.35 bits per heavy atom. The topological polar surface area (TPSA) is 308 Å². The largest absolute Gasteiger partial charge is 0.491 e. The highest BCUT2D eigenvalue weighted by molar-refractivity contribution is 6.07. The summed E-state index contributed by atoms with van der Waals surface area (Å²) >= 11 is 0. The number of aliphatic imine (C=N–C) groups is 1. The van der Waals surface area contributed by atoms with E-state index in [1.165, 1.54) is 36.4 Å². The number of hydrogen-bond acceptors (Lipinski definition) is 10. The monoisotopic (exact) mass is 713 g/mol. The number of carbonyl (C=O) groups excluding carboxylic acids is 4. The molecule has 3 atom stereocenters. The van der Waals surface area contributed by atoms with E-state index in [0.29, 0.717) is 24.0 Å². The maximum absolute atomic E-state index is 13.7. The summed E-state index contributed by atoms with van der Waals surface area (Å²) in [6.45, 7) is -0.0941. The normalized spacial score (nSPS) is 18.1. The Morgan fingerprint density at radius 1 is 0.885 bits per heavy atom. The Hall–Kier alpha value is -6.69. The van der Waals surface area contributed by atoms with Gasteiger partial charge in [0, 0.05) is 36.4 Å². The summed E-state index contributed by atoms with van der Waals surface area (Å²) in [5, 5.41) is 11.0. The SMILES string of the molecule is NC(N)=NCCC[C@@H]1COc2ccc(NC(=O)c3ccc4[nH]c(=O)c(=O)[nH]c4c3)cc2C(=O)NC[C@H](N)C(=O)N[C@H](Cc2ccc(N)cc2)C(=O)N1. The number of H-pyrrole nitrogens is 2. The van der Waals surface area contributed by atoms with Crippen LogP contribution >= 0.6 is 0 Å². The zero-order chi connectivity index (χ0) is 37.4. The molecule has 18 heteroatoms. The van der Waals surface area contributed by atoms with E-state index in [0.717, 1.165) is 5.56 Å². The number of nitrogens with one attached hydrogen (secondary N) is 6. The molecule has 0 saturated heterocycles. The summed E-state index contributed by atoms with van der Waals surface area (Å²) in [4.78, 5) is 85.8. The maximum Gasteiger partial charge on any atom is 0.314 e. The number of hydrogen-bond donors (Lipinski definition) is 10. The molecule has 14 N–H and O–H groups in total. The molecule has 2 heterocycles. The van der Waals surface area contributed by atoms with Gasteiger partial charge in [-0.2, -0.15) is 0 Å². The molecule has 3 aromatic carbocycles. The lowest BCUT2D eigenvalue weighted by molar-refractivity contribution is -0.130. The van der Waals surface area contributed by atoms with E-state index in [1.54, 1.807) is 24.3 Å². The van der Waals surface area contributed by atoms with Gasteiger partial charge in [-0.15, -0.1) is 0 Å². The van der Waals surface area contributed by atoms with Gasteiger partial charge < -0.3 is 58.9 Å². The number of carbonyl (C=O) groups is 4. The van der Waals surface area contributed by atoms with Crippen LogP contribution < -0.4 is 60.1 Å². The van der Waals surface area contributed by atoms with Crippen LogP contribution in [0.25, 0.3) is 11.0 Å². The van der Waals surface area contributed by atoms with Crippen molar-refractivity contribution in [1.29, 1.82) is 0 Å². The third kappa shape index (κ3) is 9.51. The third-order valence-corrected chi connectivity index (χ3v) is 8.13. The number of aromatic nitrogens is 2. The second-order valence-electron chi connectivity index (χ2n) is 12.1. The number of guanidine groups is 1. The quantitative estimate of drug-likeness (QED) is 0.0339. The van der Waals surface area contributed by atoms with Crippen molar-refractivity contribution in [3.63, 3.8) is 0 Å². The number of nitrogens with two attached hydrogens (primary N) is 4. The zero-order valence-electron chi connectivity index (χ0n) is 27.9. The number of ether oxygens (including phenoxy) is 1. The first-order valence-corrected chi connectivity index (χ1v) is 16.2. The van der Waals surface area contributed by atoms with Crippen LogP contribution in [0.2, 0.25) is 0 Å². The van der Waals surface area contributed by atoms with Crippen molar-refractivity contribution in [2.45, 2.75) is 37.4 Å². The van der Waals surface area contributed by atoms with Crippen LogP contribution in [0.4, 0.5) is 11.4 Å². The molecule has 0 aliphatic carbocycles. The molecule has 52 heavy (non-hydrogen) atoms. The summed E-state index contributed by atoms with van der Waals surface area (Å²) in [5.74, 6) is -2.34. The van der Waals surface area contributed by atoms with E-state index < -0.39 is 52.9 Å². The molecule has 0 bridgehead atoms. The van der Waals surface area contributed by atoms with Crippen LogP contribution in [0, 0.1) is 0 Å². The lowest BCUT2D eigenvalue weighted by Gasteiger charge is -2.26. The molecule has 1 aliphatic heterocycles. The van der Waals surface area contributed by atoms with E-state index in [9.17, 15) is 28.8 Å². The first-order valence-electron chi connectivity index (χ1n) is 16.2. The van der Waals surface area contributed by atoms with E-state index in [-0.39, 0.29) is 60.2 Å². The first-order chi connectivity index (χ1) is 24.9. The van der Waals surface area contributed by atoms with Crippen LogP contribution in [0.5, 0.6) is 5.75 Å². The second-order valence-corrected chi connectivity index (χ2v) is 12.1. The number of rotatable bonds is 8. The van der Waals surface area contributed by atoms with Gasteiger partial charge in [0.1, 0.15) is 24.4 Å². The van der Waals surface area contributed by atoms with Gasteiger partial charge in [0.05, 0.1) is 22.6 Å². The minimum Gasteiger partial charge on any atom is -0.491 e. The van der Waals surface area contributed by atoms with Crippen molar-refractivity contribution in [2.24, 2.45) is 22.2 Å². The van der Waals surface area contributed by atoms with Gasteiger partial charge >= 0.3 is 11.1 Å². The average Bonchev–Trinajstić information content (AvgIpc) is 3.11. The Kier molecular flexibility index (Phi) is 11.5. The lowest BCUT2D eigenvalue weighted by atomic mass is 10.0. The summed E-state index contributed by atoms with van der Waals surface area (Å²) in [7, 11) is 0. The van der Waals surface area contributed by atoms with Crippen LogP contribution in [-0.2, 0) is 16.0 Å². The Morgan fingerprint density at radius 2 is 1.62 bits per heavy atom. The number of benzene rings is 3. The van der Waals surface area contributed by atoms with Gasteiger partial charge in [0.15, 0.2) is 5.96 Å². The number of fused-ring (bicyclic) bond motifs is 2. The van der Waals surface area contributed by atoms with Gasteiger partial charge in [-0.05, 0) is 66.9 Å². The fourth-order valence-electron chi connectivity index (χ4n) is 5.37. The molecule has 1 aromatic heterocycles. The summed E-state index contributed by atoms with van der Waals surface area (Å²) in [6, 6.07) is 12.7. The van der Waals surface area contributed by atoms with Crippen molar-refractivity contribution >= 4 is 52.0 Å². The number of amides is 4. The van der Waals surface area contributed by atoms with E-state index in [2.05, 4.69) is 36.2 Å². The molecule has 5 rings (SSSR count). The highest BCUT2D eigenvalue weighted by atomic mass is 16.5. The molecule has 18 nitrogen and oxygen atoms in total. The average molecular weight is 714 g/mol. The number of nitrogens with zero attached hydrogens (tertiary/aromatic N) is 1. The van der Waals surface area contributed by atoms with Crippen molar-refractivity contribution in [2.75, 3.05) is 30.7 Å². The minimum absolute atomic E-state index is 0.00898. The predicted molar refractivity (Wildman–Crippen MR) is 194 cm³/mol. The van der Waals surface area contributed by atoms with E-state index in [4.69, 9.17) is 27.7 Å². The van der Waals surface area contributed by atoms with E-state index in [1.807, 2.05) is 0 Å². The number of anilines is 2. The molecule has 0 saturated carbocycles. The van der Waals surface area contributed by atoms with Crippen molar-refractivity contribution in [3.05, 3.63) is 98.1 Å². The number of nitrogen functional groups attached to an aromatic ring is 1.